The van der Waals surface area contributed by atoms with Crippen LogP contribution in [0.3, 0.4) is 0 Å². The molecule has 2 atom stereocenters. The number of fused-ring (bicyclic) bond motifs is 2. The minimum absolute atomic E-state index is 0.0105. The summed E-state index contributed by atoms with van der Waals surface area (Å²) < 4.78 is 2.23. The lowest BCUT2D eigenvalue weighted by Crippen LogP contribution is -2.38. The van der Waals surface area contributed by atoms with E-state index in [4.69, 9.17) is 4.98 Å². The molecular formula is C26H24N6O2S. The maximum Gasteiger partial charge on any atom is 0.261 e. The molecule has 6 rings (SSSR count). The van der Waals surface area contributed by atoms with Crippen LogP contribution in [0.1, 0.15) is 46.3 Å². The summed E-state index contributed by atoms with van der Waals surface area (Å²) in [6.45, 7) is 2.01. The highest BCUT2D eigenvalue weighted by molar-refractivity contribution is 7.13. The Hall–Kier alpha value is -3.85. The molecule has 1 saturated carbocycles. The Morgan fingerprint density at radius 1 is 1.14 bits per heavy atom. The molecule has 0 bridgehead atoms. The van der Waals surface area contributed by atoms with E-state index in [2.05, 4.69) is 24.8 Å². The largest absolute Gasteiger partial charge is 0.349 e. The molecule has 5 aromatic rings. The molecule has 1 amide bonds. The van der Waals surface area contributed by atoms with Gasteiger partial charge in [0, 0.05) is 23.2 Å². The maximum atomic E-state index is 12.8. The molecule has 1 fully saturated rings. The van der Waals surface area contributed by atoms with Gasteiger partial charge in [0.25, 0.3) is 11.5 Å². The average Bonchev–Trinajstić information content (AvgIpc) is 3.47. The number of nitrogens with one attached hydrogen (secondary N) is 2. The number of aromatic nitrogens is 5. The van der Waals surface area contributed by atoms with Crippen LogP contribution in [0, 0.1) is 6.92 Å². The quantitative estimate of drug-likeness (QED) is 0.387. The van der Waals surface area contributed by atoms with E-state index in [0.29, 0.717) is 10.9 Å². The molecule has 8 nitrogen and oxygen atoms in total. The Balaban J connectivity index is 1.42. The monoisotopic (exact) mass is 484 g/mol. The van der Waals surface area contributed by atoms with Gasteiger partial charge in [0.15, 0.2) is 5.82 Å². The van der Waals surface area contributed by atoms with Crippen molar-refractivity contribution in [3.05, 3.63) is 75.1 Å². The number of aryl methyl sites for hydroxylation is 1. The van der Waals surface area contributed by atoms with Gasteiger partial charge in [0.1, 0.15) is 5.69 Å². The molecule has 176 valence electrons. The van der Waals surface area contributed by atoms with Crippen LogP contribution in [-0.4, -0.2) is 36.5 Å². The Morgan fingerprint density at radius 3 is 2.86 bits per heavy atom. The van der Waals surface area contributed by atoms with Gasteiger partial charge >= 0.3 is 0 Å². The Bertz CT molecular complexity index is 1600. The summed E-state index contributed by atoms with van der Waals surface area (Å²) in [5, 5.41) is 3.76. The first-order valence-electron chi connectivity index (χ1n) is 11.7. The van der Waals surface area contributed by atoms with Crippen molar-refractivity contribution in [2.45, 2.75) is 44.7 Å². The summed E-state index contributed by atoms with van der Waals surface area (Å²) in [6, 6.07) is 13.6. The van der Waals surface area contributed by atoms with E-state index in [9.17, 15) is 9.59 Å². The number of rotatable bonds is 4. The molecule has 0 aliphatic heterocycles. The van der Waals surface area contributed by atoms with E-state index in [0.717, 1.165) is 58.0 Å². The normalized spacial score (nSPS) is 18.2. The number of hydrogen-bond acceptors (Lipinski definition) is 6. The molecule has 4 heterocycles. The van der Waals surface area contributed by atoms with Crippen LogP contribution in [0.25, 0.3) is 33.5 Å². The zero-order chi connectivity index (χ0) is 23.9. The summed E-state index contributed by atoms with van der Waals surface area (Å²) in [6.07, 6.45) is 6.88. The zero-order valence-corrected chi connectivity index (χ0v) is 20.0. The third-order valence-corrected chi connectivity index (χ3v) is 7.66. The van der Waals surface area contributed by atoms with Crippen molar-refractivity contribution in [2.24, 2.45) is 0 Å². The highest BCUT2D eigenvalue weighted by atomic mass is 32.1. The Morgan fingerprint density at radius 2 is 2.06 bits per heavy atom. The standard InChI is InChI=1S/C26H24N6O2S/c1-15-8-9-23(35-15)26(34)30-16-5-4-6-17(11-16)32-22-13-20-18(25(33)29-14-28-20)12-21(22)31-24(32)19-7-2-3-10-27-19/h2-3,7-10,12-14,16-17H,4-6,11H2,1H3,(H,30,34)(H,28,29,33)/t16-,17+/m1/s1. The van der Waals surface area contributed by atoms with Gasteiger partial charge in [0.2, 0.25) is 0 Å². The number of nitrogens with zero attached hydrogens (tertiary/aromatic N) is 4. The molecule has 0 radical (unpaired) electrons. The first-order chi connectivity index (χ1) is 17.1. The number of carbonyl (C=O) groups is 1. The van der Waals surface area contributed by atoms with E-state index in [1.807, 2.05) is 43.3 Å². The fraction of sp³-hybridized carbons (Fsp3) is 0.269. The third-order valence-electron chi connectivity index (χ3n) is 6.66. The summed E-state index contributed by atoms with van der Waals surface area (Å²) in [7, 11) is 0. The number of amides is 1. The van der Waals surface area contributed by atoms with Crippen molar-refractivity contribution >= 4 is 39.2 Å². The first kappa shape index (κ1) is 21.7. The summed E-state index contributed by atoms with van der Waals surface area (Å²) >= 11 is 1.52. The zero-order valence-electron chi connectivity index (χ0n) is 19.2. The second-order valence-electron chi connectivity index (χ2n) is 9.01. The van der Waals surface area contributed by atoms with Gasteiger partial charge in [0.05, 0.1) is 33.1 Å². The van der Waals surface area contributed by atoms with E-state index in [1.54, 1.807) is 12.3 Å². The number of thiophene rings is 1. The highest BCUT2D eigenvalue weighted by Crippen LogP contribution is 2.36. The minimum atomic E-state index is -0.185. The van der Waals surface area contributed by atoms with Crippen molar-refractivity contribution in [3.8, 4) is 11.5 Å². The van der Waals surface area contributed by atoms with Crippen LogP contribution >= 0.6 is 11.3 Å². The lowest BCUT2D eigenvalue weighted by Gasteiger charge is -2.31. The van der Waals surface area contributed by atoms with Gasteiger partial charge in [-0.3, -0.25) is 14.6 Å². The van der Waals surface area contributed by atoms with E-state index >= 15 is 0 Å². The second kappa shape index (κ2) is 8.74. The molecular weight excluding hydrogens is 460 g/mol. The Kier molecular flexibility index (Phi) is 5.41. The SMILES string of the molecule is Cc1ccc(C(=O)N[C@@H]2CCC[C@H](n3c(-c4ccccn4)nc4cc5c(=O)[nH]cnc5cc43)C2)s1. The van der Waals surface area contributed by atoms with Crippen LogP contribution in [0.15, 0.2) is 59.8 Å². The summed E-state index contributed by atoms with van der Waals surface area (Å²) in [4.78, 5) is 43.6. The number of H-pyrrole nitrogens is 1. The molecule has 0 unspecified atom stereocenters. The van der Waals surface area contributed by atoms with Crippen LogP contribution < -0.4 is 10.9 Å². The van der Waals surface area contributed by atoms with Gasteiger partial charge in [-0.25, -0.2) is 9.97 Å². The molecule has 1 aromatic carbocycles. The first-order valence-corrected chi connectivity index (χ1v) is 12.6. The Labute approximate surface area is 205 Å². The van der Waals surface area contributed by atoms with Gasteiger partial charge in [-0.05, 0) is 69.0 Å². The smallest absolute Gasteiger partial charge is 0.261 e. The number of hydrogen-bond donors (Lipinski definition) is 2. The molecule has 0 saturated heterocycles. The summed E-state index contributed by atoms with van der Waals surface area (Å²) in [5.74, 6) is 0.752. The predicted octanol–water partition coefficient (Wildman–Crippen LogP) is 4.62. The van der Waals surface area contributed by atoms with E-state index < -0.39 is 0 Å². The second-order valence-corrected chi connectivity index (χ2v) is 10.3. The lowest BCUT2D eigenvalue weighted by molar-refractivity contribution is 0.0925. The molecule has 1 aliphatic rings. The minimum Gasteiger partial charge on any atom is -0.349 e. The fourth-order valence-corrected chi connectivity index (χ4v) is 5.82. The molecule has 1 aliphatic carbocycles. The third kappa shape index (κ3) is 4.01. The van der Waals surface area contributed by atoms with Crippen molar-refractivity contribution in [2.75, 3.05) is 0 Å². The summed E-state index contributed by atoms with van der Waals surface area (Å²) in [5.41, 5.74) is 2.87. The van der Waals surface area contributed by atoms with Crippen molar-refractivity contribution in [3.63, 3.8) is 0 Å². The number of pyridine rings is 1. The number of aromatic amines is 1. The molecule has 35 heavy (non-hydrogen) atoms. The van der Waals surface area contributed by atoms with Crippen molar-refractivity contribution in [1.82, 2.24) is 29.8 Å². The van der Waals surface area contributed by atoms with Crippen LogP contribution in [0.5, 0.6) is 0 Å². The molecule has 0 spiro atoms. The van der Waals surface area contributed by atoms with Crippen LogP contribution in [-0.2, 0) is 0 Å². The number of imidazole rings is 1. The molecule has 4 aromatic heterocycles. The average molecular weight is 485 g/mol. The van der Waals surface area contributed by atoms with Crippen LogP contribution in [0.4, 0.5) is 0 Å². The fourth-order valence-electron chi connectivity index (χ4n) is 5.05. The lowest BCUT2D eigenvalue weighted by atomic mass is 9.90. The topological polar surface area (TPSA) is 106 Å². The van der Waals surface area contributed by atoms with E-state index in [-0.39, 0.29) is 23.6 Å². The van der Waals surface area contributed by atoms with Gasteiger partial charge in [-0.1, -0.05) is 6.07 Å². The molecule has 2 N–H and O–H groups in total. The van der Waals surface area contributed by atoms with Gasteiger partial charge < -0.3 is 14.9 Å². The highest BCUT2D eigenvalue weighted by Gasteiger charge is 2.29. The number of carbonyl (C=O) groups excluding carboxylic acids is 1. The predicted molar refractivity (Wildman–Crippen MR) is 137 cm³/mol. The van der Waals surface area contributed by atoms with Crippen molar-refractivity contribution < 1.29 is 4.79 Å². The number of benzene rings is 1. The molecule has 9 heteroatoms. The van der Waals surface area contributed by atoms with Gasteiger partial charge in [-0.2, -0.15) is 0 Å². The maximum absolute atomic E-state index is 12.8. The van der Waals surface area contributed by atoms with Gasteiger partial charge in [-0.15, -0.1) is 11.3 Å². The van der Waals surface area contributed by atoms with Crippen molar-refractivity contribution in [1.29, 1.82) is 0 Å². The van der Waals surface area contributed by atoms with Crippen LogP contribution in [0.2, 0.25) is 0 Å². The van der Waals surface area contributed by atoms with E-state index in [1.165, 1.54) is 17.7 Å².